The van der Waals surface area contributed by atoms with E-state index >= 15 is 0 Å². The van der Waals surface area contributed by atoms with Gasteiger partial charge < -0.3 is 13.9 Å². The largest absolute Gasteiger partial charge is 0.497 e. The molecular weight excluding hydrogens is 406 g/mol. The van der Waals surface area contributed by atoms with Crippen LogP contribution in [0.5, 0.6) is 11.5 Å². The lowest BCUT2D eigenvalue weighted by Crippen LogP contribution is -2.55. The SMILES string of the molecule is COc1ccc(-c2ccc(S(=O)(=O)N3CC(Oc4cc(C)oc(=O)c4)C3)cc2)cc1. The van der Waals surface area contributed by atoms with Crippen molar-refractivity contribution < 1.29 is 22.3 Å². The van der Waals surface area contributed by atoms with Crippen molar-refractivity contribution in [1.29, 1.82) is 0 Å². The quantitative estimate of drug-likeness (QED) is 0.601. The van der Waals surface area contributed by atoms with E-state index in [1.165, 1.54) is 10.4 Å². The van der Waals surface area contributed by atoms with E-state index in [4.69, 9.17) is 13.9 Å². The average Bonchev–Trinajstić information content (AvgIpc) is 2.70. The first-order chi connectivity index (χ1) is 14.3. The van der Waals surface area contributed by atoms with Gasteiger partial charge in [-0.2, -0.15) is 4.31 Å². The monoisotopic (exact) mass is 427 g/mol. The van der Waals surface area contributed by atoms with Crippen molar-refractivity contribution in [1.82, 2.24) is 4.31 Å². The van der Waals surface area contributed by atoms with Crippen LogP contribution in [0.25, 0.3) is 11.1 Å². The lowest BCUT2D eigenvalue weighted by Gasteiger charge is -2.37. The number of methoxy groups -OCH3 is 1. The number of ether oxygens (including phenoxy) is 2. The molecule has 1 aliphatic rings. The molecule has 1 aliphatic heterocycles. The molecule has 0 saturated carbocycles. The zero-order chi connectivity index (χ0) is 21.3. The maximum atomic E-state index is 12.8. The van der Waals surface area contributed by atoms with Gasteiger partial charge in [-0.05, 0) is 42.3 Å². The summed E-state index contributed by atoms with van der Waals surface area (Å²) in [7, 11) is -1.99. The van der Waals surface area contributed by atoms with E-state index in [-0.39, 0.29) is 24.1 Å². The highest BCUT2D eigenvalue weighted by Crippen LogP contribution is 2.27. The van der Waals surface area contributed by atoms with Crippen LogP contribution in [-0.4, -0.2) is 39.0 Å². The van der Waals surface area contributed by atoms with Crippen LogP contribution in [0.4, 0.5) is 0 Å². The molecule has 7 nitrogen and oxygen atoms in total. The highest BCUT2D eigenvalue weighted by molar-refractivity contribution is 7.89. The van der Waals surface area contributed by atoms with Crippen LogP contribution in [0.2, 0.25) is 0 Å². The molecule has 0 unspecified atom stereocenters. The van der Waals surface area contributed by atoms with E-state index in [9.17, 15) is 13.2 Å². The lowest BCUT2D eigenvalue weighted by molar-refractivity contribution is 0.0754. The van der Waals surface area contributed by atoms with Crippen LogP contribution >= 0.6 is 0 Å². The molecule has 0 bridgehead atoms. The Morgan fingerprint density at radius 1 is 0.933 bits per heavy atom. The minimum absolute atomic E-state index is 0.224. The third-order valence-corrected chi connectivity index (χ3v) is 6.75. The normalized spacial score (nSPS) is 14.9. The number of hydrogen-bond acceptors (Lipinski definition) is 6. The lowest BCUT2D eigenvalue weighted by atomic mass is 10.1. The van der Waals surface area contributed by atoms with Crippen molar-refractivity contribution in [3.8, 4) is 22.6 Å². The summed E-state index contributed by atoms with van der Waals surface area (Å²) in [5.41, 5.74) is 1.39. The molecule has 0 N–H and O–H groups in total. The smallest absolute Gasteiger partial charge is 0.339 e. The maximum absolute atomic E-state index is 12.8. The summed E-state index contributed by atoms with van der Waals surface area (Å²) in [5, 5.41) is 0. The second kappa shape index (κ2) is 7.97. The molecule has 1 aromatic heterocycles. The molecule has 0 spiro atoms. The van der Waals surface area contributed by atoms with E-state index in [1.807, 2.05) is 24.3 Å². The van der Waals surface area contributed by atoms with Gasteiger partial charge in [0.2, 0.25) is 10.0 Å². The first-order valence-corrected chi connectivity index (χ1v) is 10.8. The van der Waals surface area contributed by atoms with Gasteiger partial charge >= 0.3 is 5.63 Å². The summed E-state index contributed by atoms with van der Waals surface area (Å²) in [4.78, 5) is 11.6. The number of hydrogen-bond donors (Lipinski definition) is 0. The van der Waals surface area contributed by atoms with Gasteiger partial charge in [0.15, 0.2) is 0 Å². The zero-order valence-electron chi connectivity index (χ0n) is 16.6. The van der Waals surface area contributed by atoms with Crippen LogP contribution in [0.1, 0.15) is 5.76 Å². The molecule has 4 rings (SSSR count). The predicted molar refractivity (Wildman–Crippen MR) is 111 cm³/mol. The summed E-state index contributed by atoms with van der Waals surface area (Å²) in [6.45, 7) is 2.10. The van der Waals surface area contributed by atoms with Crippen LogP contribution in [0, 0.1) is 6.92 Å². The number of nitrogens with zero attached hydrogens (tertiary/aromatic N) is 1. The van der Waals surface area contributed by atoms with Crippen molar-refractivity contribution in [3.05, 3.63) is 76.8 Å². The molecule has 0 amide bonds. The van der Waals surface area contributed by atoms with E-state index in [1.54, 1.807) is 44.4 Å². The van der Waals surface area contributed by atoms with Gasteiger partial charge in [-0.3, -0.25) is 0 Å². The highest BCUT2D eigenvalue weighted by atomic mass is 32.2. The molecule has 1 fully saturated rings. The molecule has 2 aromatic carbocycles. The standard InChI is InChI=1S/C22H21NO6S/c1-15-11-19(12-22(24)28-15)29-20-13-23(14-20)30(25,26)21-9-5-17(6-10-21)16-3-7-18(27-2)8-4-16/h3-12,20H,13-14H2,1-2H3. The summed E-state index contributed by atoms with van der Waals surface area (Å²) >= 11 is 0. The first kappa shape index (κ1) is 20.2. The Morgan fingerprint density at radius 3 is 2.10 bits per heavy atom. The average molecular weight is 427 g/mol. The maximum Gasteiger partial charge on any atom is 0.339 e. The van der Waals surface area contributed by atoms with E-state index in [2.05, 4.69) is 0 Å². The van der Waals surface area contributed by atoms with Crippen molar-refractivity contribution in [2.24, 2.45) is 0 Å². The van der Waals surface area contributed by atoms with Gasteiger partial charge in [0, 0.05) is 6.07 Å². The fourth-order valence-electron chi connectivity index (χ4n) is 3.26. The van der Waals surface area contributed by atoms with Gasteiger partial charge in [0.05, 0.1) is 31.2 Å². The zero-order valence-corrected chi connectivity index (χ0v) is 17.4. The highest BCUT2D eigenvalue weighted by Gasteiger charge is 2.38. The number of aryl methyl sites for hydroxylation is 1. The Morgan fingerprint density at radius 2 is 1.53 bits per heavy atom. The topological polar surface area (TPSA) is 86.1 Å². The Hall–Kier alpha value is -3.10. The van der Waals surface area contributed by atoms with Crippen molar-refractivity contribution in [3.63, 3.8) is 0 Å². The molecule has 2 heterocycles. The van der Waals surface area contributed by atoms with Gasteiger partial charge in [-0.15, -0.1) is 0 Å². The molecule has 0 radical (unpaired) electrons. The van der Waals surface area contributed by atoms with Gasteiger partial charge in [-0.1, -0.05) is 24.3 Å². The molecular formula is C22H21NO6S. The summed E-state index contributed by atoms with van der Waals surface area (Å²) in [6.07, 6.45) is -0.306. The Labute approximate surface area is 174 Å². The van der Waals surface area contributed by atoms with Gasteiger partial charge in [-0.25, -0.2) is 13.2 Å². The minimum Gasteiger partial charge on any atom is -0.497 e. The fraction of sp³-hybridized carbons (Fsp3) is 0.227. The Balaban J connectivity index is 1.42. The van der Waals surface area contributed by atoms with Gasteiger partial charge in [0.1, 0.15) is 23.4 Å². The van der Waals surface area contributed by atoms with Crippen LogP contribution in [0.15, 0.2) is 74.8 Å². The minimum atomic E-state index is -3.60. The molecule has 3 aromatic rings. The summed E-state index contributed by atoms with van der Waals surface area (Å²) < 4.78 is 42.8. The van der Waals surface area contributed by atoms with Crippen molar-refractivity contribution in [2.75, 3.05) is 20.2 Å². The number of benzene rings is 2. The number of sulfonamides is 1. The molecule has 8 heteroatoms. The van der Waals surface area contributed by atoms with Crippen molar-refractivity contribution in [2.45, 2.75) is 17.9 Å². The molecule has 156 valence electrons. The fourth-order valence-corrected chi connectivity index (χ4v) is 4.76. The molecule has 30 heavy (non-hydrogen) atoms. The van der Waals surface area contributed by atoms with Crippen LogP contribution < -0.4 is 15.1 Å². The molecule has 1 saturated heterocycles. The van der Waals surface area contributed by atoms with E-state index in [0.29, 0.717) is 11.5 Å². The van der Waals surface area contributed by atoms with Crippen molar-refractivity contribution >= 4 is 10.0 Å². The second-order valence-electron chi connectivity index (χ2n) is 7.04. The van der Waals surface area contributed by atoms with Gasteiger partial charge in [0.25, 0.3) is 0 Å². The Kier molecular flexibility index (Phi) is 5.36. The van der Waals surface area contributed by atoms with E-state index in [0.717, 1.165) is 16.9 Å². The third kappa shape index (κ3) is 4.10. The first-order valence-electron chi connectivity index (χ1n) is 9.38. The predicted octanol–water partition coefficient (Wildman–Crippen LogP) is 3.08. The van der Waals surface area contributed by atoms with Crippen LogP contribution in [-0.2, 0) is 10.0 Å². The molecule has 0 atom stereocenters. The summed E-state index contributed by atoms with van der Waals surface area (Å²) in [5.74, 6) is 1.59. The molecule has 0 aliphatic carbocycles. The van der Waals surface area contributed by atoms with E-state index < -0.39 is 15.6 Å². The van der Waals surface area contributed by atoms with Crippen LogP contribution in [0.3, 0.4) is 0 Å². The number of rotatable bonds is 6. The third-order valence-electron chi connectivity index (χ3n) is 4.90. The second-order valence-corrected chi connectivity index (χ2v) is 8.98. The summed E-state index contributed by atoms with van der Waals surface area (Å²) in [6, 6.07) is 17.2. The Bertz CT molecular complexity index is 1190.